The number of carbonyl (C=O) groups excluding carboxylic acids is 1. The molecule has 0 aromatic heterocycles. The molecule has 1 fully saturated rings. The zero-order valence-electron chi connectivity index (χ0n) is 19.8. The van der Waals surface area contributed by atoms with Crippen molar-refractivity contribution in [1.29, 1.82) is 0 Å². The van der Waals surface area contributed by atoms with Gasteiger partial charge < -0.3 is 14.8 Å². The van der Waals surface area contributed by atoms with E-state index in [2.05, 4.69) is 10.0 Å². The molecule has 0 heterocycles. The van der Waals surface area contributed by atoms with Gasteiger partial charge in [-0.1, -0.05) is 12.1 Å². The van der Waals surface area contributed by atoms with E-state index in [-0.39, 0.29) is 35.9 Å². The van der Waals surface area contributed by atoms with Crippen LogP contribution in [-0.4, -0.2) is 34.1 Å². The highest BCUT2D eigenvalue weighted by molar-refractivity contribution is 7.89. The number of aryl methyl sites for hydroxylation is 2. The summed E-state index contributed by atoms with van der Waals surface area (Å²) in [5, 5.41) is 2.91. The van der Waals surface area contributed by atoms with Crippen LogP contribution < -0.4 is 19.5 Å². The van der Waals surface area contributed by atoms with Gasteiger partial charge in [-0.05, 0) is 87.4 Å². The molecule has 7 nitrogen and oxygen atoms in total. The van der Waals surface area contributed by atoms with Crippen molar-refractivity contribution in [2.24, 2.45) is 0 Å². The Kier molecular flexibility index (Phi) is 8.37. The molecule has 0 spiro atoms. The van der Waals surface area contributed by atoms with Gasteiger partial charge in [-0.3, -0.25) is 4.79 Å². The maximum Gasteiger partial charge on any atom is 0.240 e. The van der Waals surface area contributed by atoms with E-state index >= 15 is 0 Å². The Hall–Kier alpha value is -2.58. The molecule has 0 saturated heterocycles. The van der Waals surface area contributed by atoms with Gasteiger partial charge in [0.1, 0.15) is 0 Å². The first kappa shape index (κ1) is 25.1. The van der Waals surface area contributed by atoms with Gasteiger partial charge in [-0.2, -0.15) is 0 Å². The Morgan fingerprint density at radius 1 is 1.06 bits per heavy atom. The molecule has 33 heavy (non-hydrogen) atoms. The van der Waals surface area contributed by atoms with E-state index < -0.39 is 10.0 Å². The molecule has 2 aromatic rings. The molecule has 2 aromatic carbocycles. The summed E-state index contributed by atoms with van der Waals surface area (Å²) < 4.78 is 39.0. The minimum atomic E-state index is -3.66. The quantitative estimate of drug-likeness (QED) is 0.539. The van der Waals surface area contributed by atoms with Crippen LogP contribution in [0.4, 0.5) is 0 Å². The van der Waals surface area contributed by atoms with Crippen molar-refractivity contribution in [1.82, 2.24) is 10.0 Å². The summed E-state index contributed by atoms with van der Waals surface area (Å²) in [6, 6.07) is 10.4. The average molecular weight is 475 g/mol. The second kappa shape index (κ2) is 11.0. The Balaban J connectivity index is 1.53. The summed E-state index contributed by atoms with van der Waals surface area (Å²) in [6.07, 6.45) is 4.77. The predicted octanol–water partition coefficient (Wildman–Crippen LogP) is 4.18. The lowest BCUT2D eigenvalue weighted by Crippen LogP contribution is -2.32. The Morgan fingerprint density at radius 3 is 2.45 bits per heavy atom. The standard InChI is InChI=1S/C25H34N2O5S/c1-17-9-11-22(15-18(17)2)33(29,30)26-14-13-25(28)27-19(3)20-10-12-23(24(16-20)31-4)32-21-7-5-6-8-21/h9-12,15-16,19,21,26H,5-8,13-14H2,1-4H3,(H,27,28). The SMILES string of the molecule is COc1cc(C(C)NC(=O)CCNS(=O)(=O)c2ccc(C)c(C)c2)ccc1OC1CCCC1. The van der Waals surface area contributed by atoms with Gasteiger partial charge >= 0.3 is 0 Å². The molecule has 3 rings (SSSR count). The Morgan fingerprint density at radius 2 is 1.79 bits per heavy atom. The molecule has 0 bridgehead atoms. The third-order valence-corrected chi connectivity index (χ3v) is 7.55. The van der Waals surface area contributed by atoms with Crippen LogP contribution >= 0.6 is 0 Å². The minimum absolute atomic E-state index is 0.0191. The summed E-state index contributed by atoms with van der Waals surface area (Å²) in [6.45, 7) is 5.69. The van der Waals surface area contributed by atoms with Gasteiger partial charge in [0.15, 0.2) is 11.5 Å². The highest BCUT2D eigenvalue weighted by atomic mass is 32.2. The fraction of sp³-hybridized carbons (Fsp3) is 0.480. The molecule has 8 heteroatoms. The van der Waals surface area contributed by atoms with Gasteiger partial charge in [0.25, 0.3) is 0 Å². The maximum atomic E-state index is 12.5. The summed E-state index contributed by atoms with van der Waals surface area (Å²) in [5.41, 5.74) is 2.81. The van der Waals surface area contributed by atoms with E-state index in [1.165, 1.54) is 12.8 Å². The molecule has 0 aliphatic heterocycles. The molecule has 1 aliphatic carbocycles. The van der Waals surface area contributed by atoms with Crippen LogP contribution in [-0.2, 0) is 14.8 Å². The lowest BCUT2D eigenvalue weighted by molar-refractivity contribution is -0.121. The zero-order chi connectivity index (χ0) is 24.0. The van der Waals surface area contributed by atoms with E-state index in [4.69, 9.17) is 9.47 Å². The number of hydrogen-bond acceptors (Lipinski definition) is 5. The molecule has 1 aliphatic rings. The Labute approximate surface area is 196 Å². The molecule has 0 radical (unpaired) electrons. The molecule has 1 saturated carbocycles. The molecular formula is C25H34N2O5S. The summed E-state index contributed by atoms with van der Waals surface area (Å²) >= 11 is 0. The van der Waals surface area contributed by atoms with Crippen molar-refractivity contribution in [2.75, 3.05) is 13.7 Å². The van der Waals surface area contributed by atoms with E-state index in [1.54, 1.807) is 25.3 Å². The van der Waals surface area contributed by atoms with Gasteiger partial charge in [0.05, 0.1) is 24.2 Å². The lowest BCUT2D eigenvalue weighted by atomic mass is 10.1. The molecule has 1 amide bonds. The summed E-state index contributed by atoms with van der Waals surface area (Å²) in [4.78, 5) is 12.6. The average Bonchev–Trinajstić information content (AvgIpc) is 3.28. The van der Waals surface area contributed by atoms with E-state index in [1.807, 2.05) is 39.0 Å². The van der Waals surface area contributed by atoms with Crippen LogP contribution in [0.1, 0.15) is 61.8 Å². The normalized spacial score (nSPS) is 15.3. The smallest absolute Gasteiger partial charge is 0.240 e. The van der Waals surface area contributed by atoms with Crippen molar-refractivity contribution in [2.45, 2.75) is 69.9 Å². The highest BCUT2D eigenvalue weighted by Crippen LogP contribution is 2.33. The Bertz CT molecular complexity index is 1080. The molecule has 1 atom stereocenters. The predicted molar refractivity (Wildman–Crippen MR) is 128 cm³/mol. The second-order valence-electron chi connectivity index (χ2n) is 8.62. The number of ether oxygens (including phenoxy) is 2. The van der Waals surface area contributed by atoms with Gasteiger partial charge in [0, 0.05) is 13.0 Å². The first-order valence-electron chi connectivity index (χ1n) is 11.4. The topological polar surface area (TPSA) is 93.7 Å². The lowest BCUT2D eigenvalue weighted by Gasteiger charge is -2.19. The third-order valence-electron chi connectivity index (χ3n) is 6.09. The number of nitrogens with one attached hydrogen (secondary N) is 2. The van der Waals surface area contributed by atoms with Crippen LogP contribution in [0.15, 0.2) is 41.3 Å². The first-order valence-corrected chi connectivity index (χ1v) is 12.9. The second-order valence-corrected chi connectivity index (χ2v) is 10.4. The van der Waals surface area contributed by atoms with Crippen molar-refractivity contribution in [3.05, 3.63) is 53.1 Å². The monoisotopic (exact) mass is 474 g/mol. The fourth-order valence-corrected chi connectivity index (χ4v) is 5.01. The fourth-order valence-electron chi connectivity index (χ4n) is 3.90. The van der Waals surface area contributed by atoms with Gasteiger partial charge in [-0.15, -0.1) is 0 Å². The number of methoxy groups -OCH3 is 1. The van der Waals surface area contributed by atoms with Crippen LogP contribution in [0.25, 0.3) is 0 Å². The van der Waals surface area contributed by atoms with Crippen LogP contribution in [0.3, 0.4) is 0 Å². The van der Waals surface area contributed by atoms with Gasteiger partial charge in [0.2, 0.25) is 15.9 Å². The van der Waals surface area contributed by atoms with Crippen molar-refractivity contribution in [3.8, 4) is 11.5 Å². The number of hydrogen-bond donors (Lipinski definition) is 2. The van der Waals surface area contributed by atoms with Crippen molar-refractivity contribution < 1.29 is 22.7 Å². The number of amides is 1. The summed E-state index contributed by atoms with van der Waals surface area (Å²) in [7, 11) is -2.06. The largest absolute Gasteiger partial charge is 0.493 e. The van der Waals surface area contributed by atoms with E-state index in [0.29, 0.717) is 11.5 Å². The van der Waals surface area contributed by atoms with Crippen molar-refractivity contribution in [3.63, 3.8) is 0 Å². The maximum absolute atomic E-state index is 12.5. The number of carbonyl (C=O) groups is 1. The van der Waals surface area contributed by atoms with E-state index in [9.17, 15) is 13.2 Å². The number of rotatable bonds is 10. The van der Waals surface area contributed by atoms with Crippen LogP contribution in [0.5, 0.6) is 11.5 Å². The molecular weight excluding hydrogens is 440 g/mol. The zero-order valence-corrected chi connectivity index (χ0v) is 20.6. The molecule has 1 unspecified atom stereocenters. The van der Waals surface area contributed by atoms with Crippen molar-refractivity contribution >= 4 is 15.9 Å². The highest BCUT2D eigenvalue weighted by Gasteiger charge is 2.20. The summed E-state index contributed by atoms with van der Waals surface area (Å²) in [5.74, 6) is 1.12. The molecule has 2 N–H and O–H groups in total. The van der Waals surface area contributed by atoms with Crippen LogP contribution in [0, 0.1) is 13.8 Å². The third kappa shape index (κ3) is 6.71. The molecule has 180 valence electrons. The number of sulfonamides is 1. The minimum Gasteiger partial charge on any atom is -0.493 e. The van der Waals surface area contributed by atoms with Crippen LogP contribution in [0.2, 0.25) is 0 Å². The first-order chi connectivity index (χ1) is 15.7. The van der Waals surface area contributed by atoms with Gasteiger partial charge in [-0.25, -0.2) is 13.1 Å². The van der Waals surface area contributed by atoms with E-state index in [0.717, 1.165) is 29.5 Å². The number of benzene rings is 2.